The van der Waals surface area contributed by atoms with Crippen LogP contribution >= 0.6 is 0 Å². The van der Waals surface area contributed by atoms with E-state index in [4.69, 9.17) is 47.4 Å². The Kier molecular flexibility index (Phi) is 13.4. The second-order valence-corrected chi connectivity index (χ2v) is 17.1. The number of esters is 2. The van der Waals surface area contributed by atoms with Crippen molar-refractivity contribution in [2.75, 3.05) is 14.2 Å². The summed E-state index contributed by atoms with van der Waals surface area (Å²) in [7, 11) is 2.77. The molecule has 2 spiro atoms. The van der Waals surface area contributed by atoms with Gasteiger partial charge in [0.05, 0.1) is 63.7 Å². The maximum absolute atomic E-state index is 12.4. The molecule has 6 aliphatic heterocycles. The first-order valence-electron chi connectivity index (χ1n) is 21.1. The van der Waals surface area contributed by atoms with Crippen LogP contribution in [0, 0.1) is 11.8 Å². The van der Waals surface area contributed by atoms with E-state index >= 15 is 0 Å². The van der Waals surface area contributed by atoms with Crippen LogP contribution in [0.2, 0.25) is 0 Å². The molecule has 0 N–H and O–H groups in total. The fourth-order valence-electron chi connectivity index (χ4n) is 10.3. The average Bonchev–Trinajstić information content (AvgIpc) is 3.78. The summed E-state index contributed by atoms with van der Waals surface area (Å²) in [4.78, 5) is 47.2. The SMILES string of the molecule is C=CC(=O)[C@@H](C)[C@@H]1O[C@H]2CC[C@H](CC(=O)OC)O[C@@H]2[C@@H]2OC3(CCCCC3)OC21.COC(=O)C[C@H]1CC[C@@H]2O[C@@H]([C@H](C)C=O)C3OC4(CCCCC4)O[C@H]3[C@H]2O1. The van der Waals surface area contributed by atoms with Gasteiger partial charge in [0.2, 0.25) is 0 Å². The van der Waals surface area contributed by atoms with Crippen molar-refractivity contribution in [3.8, 4) is 0 Å². The number of methoxy groups -OCH3 is 2. The molecule has 14 atom stereocenters. The van der Waals surface area contributed by atoms with E-state index < -0.39 is 17.7 Å². The van der Waals surface area contributed by atoms with E-state index in [9.17, 15) is 19.2 Å². The zero-order valence-electron chi connectivity index (χ0n) is 33.5. The smallest absolute Gasteiger partial charge is 0.308 e. The molecule has 8 fully saturated rings. The first kappa shape index (κ1) is 41.8. The molecule has 14 nitrogen and oxygen atoms in total. The number of aldehydes is 1. The van der Waals surface area contributed by atoms with Gasteiger partial charge in [-0.1, -0.05) is 33.3 Å². The van der Waals surface area contributed by atoms with E-state index in [-0.39, 0.29) is 110 Å². The van der Waals surface area contributed by atoms with Crippen molar-refractivity contribution in [1.82, 2.24) is 0 Å². The molecule has 314 valence electrons. The van der Waals surface area contributed by atoms with Gasteiger partial charge in [-0.25, -0.2) is 0 Å². The van der Waals surface area contributed by atoms with Crippen molar-refractivity contribution in [3.05, 3.63) is 12.7 Å². The van der Waals surface area contributed by atoms with Crippen molar-refractivity contribution in [2.45, 2.75) is 201 Å². The van der Waals surface area contributed by atoms with Gasteiger partial charge < -0.3 is 52.2 Å². The highest BCUT2D eigenvalue weighted by Gasteiger charge is 2.62. The van der Waals surface area contributed by atoms with E-state index in [2.05, 4.69) is 6.58 Å². The number of allylic oxidation sites excluding steroid dienone is 1. The van der Waals surface area contributed by atoms with Crippen molar-refractivity contribution in [3.63, 3.8) is 0 Å². The predicted molar refractivity (Wildman–Crippen MR) is 197 cm³/mol. The minimum absolute atomic E-state index is 0.0549. The first-order valence-corrected chi connectivity index (χ1v) is 21.1. The second kappa shape index (κ2) is 17.9. The molecule has 6 saturated heterocycles. The Labute approximate surface area is 330 Å². The molecule has 8 aliphatic rings. The average molecular weight is 791 g/mol. The summed E-state index contributed by atoms with van der Waals surface area (Å²) in [5.74, 6) is -2.43. The van der Waals surface area contributed by atoms with Gasteiger partial charge in [0.1, 0.15) is 42.9 Å². The Bertz CT molecular complexity index is 1410. The Morgan fingerprint density at radius 1 is 0.625 bits per heavy atom. The summed E-state index contributed by atoms with van der Waals surface area (Å²) >= 11 is 0. The summed E-state index contributed by atoms with van der Waals surface area (Å²) in [6.07, 6.45) is 12.4. The molecule has 0 bridgehead atoms. The van der Waals surface area contributed by atoms with Crippen LogP contribution in [0.3, 0.4) is 0 Å². The lowest BCUT2D eigenvalue weighted by Crippen LogP contribution is -2.61. The standard InChI is InChI=1S/C22H32O7.C20H30O7/c1-4-15(23)13(2)18-20-21(29-22(28-20)10-6-5-7-11-22)19-16(27-18)9-8-14(26-19)12-17(24)25-3;1-12(11-21)16-18-19(27-20(26-18)8-4-3-5-9-20)17-14(25-16)7-6-13(24-17)10-15(22)23-2/h4,13-14,16,18-21H,1,5-12H2,2-3H3;11-14,16-19H,3-10H2,1-2H3/t13-,14-,16+,18+,19+,20?,21+;12-,13-,14+,16+,17+,18?,19+/m11/s1. The first-order chi connectivity index (χ1) is 27.0. The highest BCUT2D eigenvalue weighted by atomic mass is 16.8. The molecule has 2 unspecified atom stereocenters. The van der Waals surface area contributed by atoms with Crippen molar-refractivity contribution in [2.24, 2.45) is 11.8 Å². The molecule has 6 heterocycles. The van der Waals surface area contributed by atoms with E-state index in [1.807, 2.05) is 13.8 Å². The maximum Gasteiger partial charge on any atom is 0.308 e. The van der Waals surface area contributed by atoms with Crippen molar-refractivity contribution in [1.29, 1.82) is 0 Å². The van der Waals surface area contributed by atoms with Gasteiger partial charge in [-0.2, -0.15) is 0 Å². The molecule has 2 aliphatic carbocycles. The third-order valence-corrected chi connectivity index (χ3v) is 13.3. The van der Waals surface area contributed by atoms with Gasteiger partial charge >= 0.3 is 11.9 Å². The Hall–Kier alpha value is -2.30. The van der Waals surface area contributed by atoms with Crippen molar-refractivity contribution < 1.29 is 66.5 Å². The summed E-state index contributed by atoms with van der Waals surface area (Å²) in [5.41, 5.74) is 0. The molecule has 0 radical (unpaired) electrons. The monoisotopic (exact) mass is 790 g/mol. The molecule has 0 amide bonds. The molecular formula is C42H62O14. The van der Waals surface area contributed by atoms with Gasteiger partial charge in [0.15, 0.2) is 17.4 Å². The molecule has 0 aromatic rings. The van der Waals surface area contributed by atoms with Crippen LogP contribution in [-0.4, -0.2) is 123 Å². The number of carbonyl (C=O) groups excluding carboxylic acids is 4. The van der Waals surface area contributed by atoms with E-state index in [1.54, 1.807) is 0 Å². The third kappa shape index (κ3) is 8.68. The Morgan fingerprint density at radius 2 is 1.05 bits per heavy atom. The third-order valence-electron chi connectivity index (χ3n) is 13.3. The highest BCUT2D eigenvalue weighted by Crippen LogP contribution is 2.50. The molecule has 0 aromatic carbocycles. The lowest BCUT2D eigenvalue weighted by Gasteiger charge is -2.47. The van der Waals surface area contributed by atoms with E-state index in [1.165, 1.54) is 33.1 Å². The van der Waals surface area contributed by atoms with Crippen LogP contribution in [0.5, 0.6) is 0 Å². The summed E-state index contributed by atoms with van der Waals surface area (Å²) < 4.78 is 60.8. The highest BCUT2D eigenvalue weighted by molar-refractivity contribution is 5.91. The van der Waals surface area contributed by atoms with Gasteiger partial charge in [-0.15, -0.1) is 0 Å². The molecule has 14 heteroatoms. The lowest BCUT2D eigenvalue weighted by molar-refractivity contribution is -0.246. The Morgan fingerprint density at radius 3 is 1.48 bits per heavy atom. The van der Waals surface area contributed by atoms with Crippen LogP contribution in [0.1, 0.15) is 117 Å². The number of carbonyl (C=O) groups is 4. The van der Waals surface area contributed by atoms with Crippen LogP contribution in [0.15, 0.2) is 12.7 Å². The number of hydrogen-bond donors (Lipinski definition) is 0. The number of rotatable bonds is 9. The van der Waals surface area contributed by atoms with Crippen LogP contribution < -0.4 is 0 Å². The van der Waals surface area contributed by atoms with Crippen molar-refractivity contribution >= 4 is 24.0 Å². The number of hydrogen-bond acceptors (Lipinski definition) is 14. The molecule has 0 aromatic heterocycles. The normalized spacial score (nSPS) is 40.3. The van der Waals surface area contributed by atoms with Crippen LogP contribution in [0.25, 0.3) is 0 Å². The zero-order valence-corrected chi connectivity index (χ0v) is 33.5. The minimum atomic E-state index is -0.611. The fourth-order valence-corrected chi connectivity index (χ4v) is 10.3. The summed E-state index contributed by atoms with van der Waals surface area (Å²) in [6.45, 7) is 7.36. The summed E-state index contributed by atoms with van der Waals surface area (Å²) in [6, 6.07) is 0. The zero-order chi connectivity index (χ0) is 39.6. The van der Waals surface area contributed by atoms with E-state index in [0.717, 1.165) is 76.9 Å². The number of ketones is 1. The predicted octanol–water partition coefficient (Wildman–Crippen LogP) is 4.84. The van der Waals surface area contributed by atoms with Crippen LogP contribution in [0.4, 0.5) is 0 Å². The van der Waals surface area contributed by atoms with Crippen LogP contribution in [-0.2, 0) is 66.5 Å². The fraction of sp³-hybridized carbons (Fsp3) is 0.857. The maximum atomic E-state index is 12.4. The molecule has 56 heavy (non-hydrogen) atoms. The topological polar surface area (TPSA) is 161 Å². The number of fused-ring (bicyclic) bond motifs is 6. The van der Waals surface area contributed by atoms with Gasteiger partial charge in [0, 0.05) is 37.5 Å². The molecule has 8 rings (SSSR count). The lowest BCUT2D eigenvalue weighted by atomic mass is 9.84. The van der Waals surface area contributed by atoms with Gasteiger partial charge in [-0.05, 0) is 57.4 Å². The second-order valence-electron chi connectivity index (χ2n) is 17.1. The number of ether oxygens (including phenoxy) is 10. The summed E-state index contributed by atoms with van der Waals surface area (Å²) in [5, 5.41) is 0. The minimum Gasteiger partial charge on any atom is -0.469 e. The molecular weight excluding hydrogens is 728 g/mol. The Balaban J connectivity index is 0.000000172. The van der Waals surface area contributed by atoms with E-state index in [0.29, 0.717) is 6.42 Å². The molecule has 2 saturated carbocycles. The van der Waals surface area contributed by atoms with Gasteiger partial charge in [0.25, 0.3) is 0 Å². The largest absolute Gasteiger partial charge is 0.469 e. The quantitative estimate of drug-likeness (QED) is 0.177. The van der Waals surface area contributed by atoms with Gasteiger partial charge in [-0.3, -0.25) is 14.4 Å².